The molecule has 13 heavy (non-hydrogen) atoms. The maximum atomic E-state index is 10.6. The van der Waals surface area contributed by atoms with Crippen LogP contribution in [-0.2, 0) is 9.59 Å². The zero-order valence-corrected chi connectivity index (χ0v) is 8.69. The number of carboxylic acid groups (broad SMARTS) is 1. The van der Waals surface area contributed by atoms with Gasteiger partial charge >= 0.3 is 5.97 Å². The predicted octanol–water partition coefficient (Wildman–Crippen LogP) is 0.371. The third-order valence-electron chi connectivity index (χ3n) is 1.51. The van der Waals surface area contributed by atoms with Crippen LogP contribution < -0.4 is 5.32 Å². The van der Waals surface area contributed by atoms with Crippen molar-refractivity contribution in [3.05, 3.63) is 0 Å². The lowest BCUT2D eigenvalue weighted by Gasteiger charge is -2.11. The zero-order chi connectivity index (χ0) is 10.3. The van der Waals surface area contributed by atoms with Crippen LogP contribution in [-0.4, -0.2) is 41.5 Å². The van der Waals surface area contributed by atoms with E-state index >= 15 is 0 Å². The number of carbonyl (C=O) groups is 2. The number of thioether (sulfide) groups is 1. The summed E-state index contributed by atoms with van der Waals surface area (Å²) in [5, 5.41) is 11.4. The summed E-state index contributed by atoms with van der Waals surface area (Å²) in [5.74, 6) is -0.160. The van der Waals surface area contributed by atoms with Crippen molar-refractivity contribution in [2.75, 3.05) is 18.6 Å². The molecule has 0 aromatic heterocycles. The number of hydrogen-bond donors (Lipinski definition) is 2. The molecule has 0 aromatic carbocycles. The Morgan fingerprint density at radius 3 is 2.54 bits per heavy atom. The first-order valence-electron chi connectivity index (χ1n) is 4.02. The molecule has 0 spiro atoms. The molecule has 0 aliphatic heterocycles. The lowest BCUT2D eigenvalue weighted by Crippen LogP contribution is -2.39. The molecule has 1 unspecified atom stereocenters. The Balaban J connectivity index is 3.80. The molecule has 2 N–H and O–H groups in total. The minimum Gasteiger partial charge on any atom is -0.480 e. The summed E-state index contributed by atoms with van der Waals surface area (Å²) >= 11 is 1.59. The Labute approximate surface area is 82.1 Å². The summed E-state index contributed by atoms with van der Waals surface area (Å²) in [6.07, 6.45) is 2.47. The molecule has 0 aromatic rings. The van der Waals surface area contributed by atoms with Crippen LogP contribution in [0.25, 0.3) is 0 Å². The van der Waals surface area contributed by atoms with Crippen molar-refractivity contribution in [2.24, 2.45) is 0 Å². The first-order valence-corrected chi connectivity index (χ1v) is 5.42. The van der Waals surface area contributed by atoms with Gasteiger partial charge in [-0.15, -0.1) is 0 Å². The fourth-order valence-electron chi connectivity index (χ4n) is 0.815. The van der Waals surface area contributed by atoms with E-state index in [0.717, 1.165) is 5.75 Å². The number of nitrogens with one attached hydrogen (secondary N) is 1. The molecule has 0 amide bonds. The van der Waals surface area contributed by atoms with Gasteiger partial charge in [0.25, 0.3) is 0 Å². The van der Waals surface area contributed by atoms with Crippen molar-refractivity contribution in [3.63, 3.8) is 0 Å². The van der Waals surface area contributed by atoms with E-state index in [1.165, 1.54) is 6.92 Å². The fraction of sp³-hybridized carbons (Fsp3) is 0.750. The van der Waals surface area contributed by atoms with Gasteiger partial charge in [-0.1, -0.05) is 0 Å². The van der Waals surface area contributed by atoms with E-state index < -0.39 is 12.0 Å². The molecular weight excluding hydrogens is 190 g/mol. The van der Waals surface area contributed by atoms with E-state index in [2.05, 4.69) is 5.32 Å². The molecule has 0 aliphatic carbocycles. The molecule has 0 rings (SSSR count). The van der Waals surface area contributed by atoms with Gasteiger partial charge in [0.05, 0.1) is 6.54 Å². The second kappa shape index (κ2) is 6.91. The maximum Gasteiger partial charge on any atom is 0.320 e. The van der Waals surface area contributed by atoms with E-state index in [9.17, 15) is 9.59 Å². The summed E-state index contributed by atoms with van der Waals surface area (Å²) < 4.78 is 0. The van der Waals surface area contributed by atoms with E-state index in [0.29, 0.717) is 6.42 Å². The van der Waals surface area contributed by atoms with Crippen LogP contribution in [0, 0.1) is 0 Å². The number of carbonyl (C=O) groups excluding carboxylic acids is 1. The summed E-state index contributed by atoms with van der Waals surface area (Å²) in [5.41, 5.74) is 0. The average Bonchev–Trinajstić information content (AvgIpc) is 2.03. The Morgan fingerprint density at radius 2 is 2.15 bits per heavy atom. The van der Waals surface area contributed by atoms with Crippen LogP contribution in [0.3, 0.4) is 0 Å². The molecule has 1 atom stereocenters. The fourth-order valence-corrected chi connectivity index (χ4v) is 1.29. The van der Waals surface area contributed by atoms with Gasteiger partial charge in [-0.05, 0) is 25.4 Å². The number of rotatable bonds is 7. The second-order valence-corrected chi connectivity index (χ2v) is 3.74. The largest absolute Gasteiger partial charge is 0.480 e. The van der Waals surface area contributed by atoms with Gasteiger partial charge in [-0.3, -0.25) is 14.9 Å². The molecule has 0 fully saturated rings. The van der Waals surface area contributed by atoms with E-state index in [1.54, 1.807) is 11.8 Å². The van der Waals surface area contributed by atoms with E-state index in [1.807, 2.05) is 6.26 Å². The third kappa shape index (κ3) is 6.60. The molecule has 0 heterocycles. The molecule has 0 saturated carbocycles. The Hall–Kier alpha value is -0.550. The van der Waals surface area contributed by atoms with E-state index in [-0.39, 0.29) is 12.3 Å². The van der Waals surface area contributed by atoms with Crippen LogP contribution in [0.1, 0.15) is 13.3 Å². The van der Waals surface area contributed by atoms with Gasteiger partial charge in [0.1, 0.15) is 11.8 Å². The summed E-state index contributed by atoms with van der Waals surface area (Å²) in [7, 11) is 0. The summed E-state index contributed by atoms with van der Waals surface area (Å²) in [6.45, 7) is 1.56. The van der Waals surface area contributed by atoms with Gasteiger partial charge in [0.15, 0.2) is 0 Å². The van der Waals surface area contributed by atoms with Crippen LogP contribution in [0.2, 0.25) is 0 Å². The van der Waals surface area contributed by atoms with Gasteiger partial charge < -0.3 is 5.11 Å². The third-order valence-corrected chi connectivity index (χ3v) is 2.15. The smallest absolute Gasteiger partial charge is 0.320 e. The topological polar surface area (TPSA) is 66.4 Å². The van der Waals surface area contributed by atoms with Crippen LogP contribution in [0.15, 0.2) is 0 Å². The number of carboxylic acids is 1. The Morgan fingerprint density at radius 1 is 1.54 bits per heavy atom. The van der Waals surface area contributed by atoms with Crippen molar-refractivity contribution in [3.8, 4) is 0 Å². The van der Waals surface area contributed by atoms with Gasteiger partial charge in [0, 0.05) is 0 Å². The van der Waals surface area contributed by atoms with Gasteiger partial charge in [-0.2, -0.15) is 11.8 Å². The standard InChI is InChI=1S/C8H15NO3S/c1-6(10)5-9-7(8(11)12)3-4-13-2/h7,9H,3-5H2,1-2H3,(H,11,12). The Kier molecular flexibility index (Phi) is 6.62. The highest BCUT2D eigenvalue weighted by Gasteiger charge is 2.15. The lowest BCUT2D eigenvalue weighted by atomic mass is 10.2. The summed E-state index contributed by atoms with van der Waals surface area (Å²) in [4.78, 5) is 21.2. The highest BCUT2D eigenvalue weighted by Crippen LogP contribution is 2.00. The Bertz CT molecular complexity index is 184. The van der Waals surface area contributed by atoms with Crippen molar-refractivity contribution in [1.29, 1.82) is 0 Å². The SMILES string of the molecule is CSCCC(NCC(C)=O)C(=O)O. The van der Waals surface area contributed by atoms with Crippen molar-refractivity contribution in [1.82, 2.24) is 5.32 Å². The molecule has 76 valence electrons. The quantitative estimate of drug-likeness (QED) is 0.628. The highest BCUT2D eigenvalue weighted by atomic mass is 32.2. The van der Waals surface area contributed by atoms with Gasteiger partial charge in [-0.25, -0.2) is 0 Å². The molecule has 0 saturated heterocycles. The van der Waals surface area contributed by atoms with Gasteiger partial charge in [0.2, 0.25) is 0 Å². The van der Waals surface area contributed by atoms with Crippen molar-refractivity contribution < 1.29 is 14.7 Å². The van der Waals surface area contributed by atoms with Crippen LogP contribution in [0.5, 0.6) is 0 Å². The molecule has 0 radical (unpaired) electrons. The number of Topliss-reactive ketones (excluding diaryl/α,β-unsaturated/α-hetero) is 1. The number of ketones is 1. The first kappa shape index (κ1) is 12.4. The lowest BCUT2D eigenvalue weighted by molar-refractivity contribution is -0.139. The molecule has 0 aliphatic rings. The van der Waals surface area contributed by atoms with Crippen LogP contribution in [0.4, 0.5) is 0 Å². The minimum absolute atomic E-state index is 0.0459. The monoisotopic (exact) mass is 205 g/mol. The van der Waals surface area contributed by atoms with Crippen molar-refractivity contribution >= 4 is 23.5 Å². The number of hydrogen-bond acceptors (Lipinski definition) is 4. The molecule has 4 nitrogen and oxygen atoms in total. The first-order chi connectivity index (χ1) is 6.07. The average molecular weight is 205 g/mol. The number of aliphatic carboxylic acids is 1. The maximum absolute atomic E-state index is 10.6. The molecular formula is C8H15NO3S. The minimum atomic E-state index is -0.893. The normalized spacial score (nSPS) is 12.5. The second-order valence-electron chi connectivity index (χ2n) is 2.76. The van der Waals surface area contributed by atoms with Crippen LogP contribution >= 0.6 is 11.8 Å². The zero-order valence-electron chi connectivity index (χ0n) is 7.87. The van der Waals surface area contributed by atoms with E-state index in [4.69, 9.17) is 5.11 Å². The van der Waals surface area contributed by atoms with Crippen molar-refractivity contribution in [2.45, 2.75) is 19.4 Å². The summed E-state index contributed by atoms with van der Waals surface area (Å²) in [6, 6.07) is -0.601. The highest BCUT2D eigenvalue weighted by molar-refractivity contribution is 7.98. The predicted molar refractivity (Wildman–Crippen MR) is 53.1 cm³/mol. The molecule has 0 bridgehead atoms. The molecule has 5 heteroatoms.